The first kappa shape index (κ1) is 19.0. The summed E-state index contributed by atoms with van der Waals surface area (Å²) < 4.78 is 5.19. The van der Waals surface area contributed by atoms with Crippen LogP contribution in [0, 0.1) is 13.8 Å². The van der Waals surface area contributed by atoms with Crippen LogP contribution in [-0.2, 0) is 11.2 Å². The van der Waals surface area contributed by atoms with Gasteiger partial charge in [0.15, 0.2) is 0 Å². The van der Waals surface area contributed by atoms with E-state index in [4.69, 9.17) is 4.74 Å². The molecule has 0 unspecified atom stereocenters. The summed E-state index contributed by atoms with van der Waals surface area (Å²) in [5.74, 6) is 0.768. The lowest BCUT2D eigenvalue weighted by molar-refractivity contribution is -0.131. The van der Waals surface area contributed by atoms with Crippen LogP contribution in [0.4, 0.5) is 0 Å². The van der Waals surface area contributed by atoms with E-state index in [1.165, 1.54) is 11.1 Å². The molecule has 1 saturated heterocycles. The summed E-state index contributed by atoms with van der Waals surface area (Å²) in [6, 6.07) is 13.3. The highest BCUT2D eigenvalue weighted by Crippen LogP contribution is 2.16. The predicted octanol–water partition coefficient (Wildman–Crippen LogP) is 2.84. The maximum atomic E-state index is 12.7. The Hall–Kier alpha value is -2.82. The predicted molar refractivity (Wildman–Crippen MR) is 105 cm³/mol. The van der Waals surface area contributed by atoms with Crippen LogP contribution >= 0.6 is 0 Å². The topological polar surface area (TPSA) is 49.9 Å². The number of hydrogen-bond acceptors (Lipinski definition) is 3. The molecular weight excluding hydrogens is 340 g/mol. The molecular formula is C22H26N2O3. The van der Waals surface area contributed by atoms with Crippen molar-refractivity contribution in [3.8, 4) is 5.75 Å². The molecule has 1 fully saturated rings. The van der Waals surface area contributed by atoms with Gasteiger partial charge in [-0.25, -0.2) is 0 Å². The average Bonchev–Trinajstić information content (AvgIpc) is 2.70. The van der Waals surface area contributed by atoms with Crippen molar-refractivity contribution in [2.45, 2.75) is 20.3 Å². The number of benzene rings is 2. The van der Waals surface area contributed by atoms with Crippen LogP contribution in [0.2, 0.25) is 0 Å². The summed E-state index contributed by atoms with van der Waals surface area (Å²) >= 11 is 0. The lowest BCUT2D eigenvalue weighted by Crippen LogP contribution is -2.51. The summed E-state index contributed by atoms with van der Waals surface area (Å²) in [5.41, 5.74) is 4.09. The molecule has 2 aromatic carbocycles. The molecule has 1 aliphatic rings. The van der Waals surface area contributed by atoms with Gasteiger partial charge in [0.25, 0.3) is 5.91 Å². The van der Waals surface area contributed by atoms with Gasteiger partial charge in [-0.05, 0) is 48.7 Å². The first-order valence-electron chi connectivity index (χ1n) is 9.25. The fourth-order valence-corrected chi connectivity index (χ4v) is 3.30. The second-order valence-electron chi connectivity index (χ2n) is 7.00. The van der Waals surface area contributed by atoms with Gasteiger partial charge in [-0.15, -0.1) is 0 Å². The molecule has 27 heavy (non-hydrogen) atoms. The fraction of sp³-hybridized carbons (Fsp3) is 0.364. The third-order valence-electron chi connectivity index (χ3n) is 5.16. The highest BCUT2D eigenvalue weighted by Gasteiger charge is 2.25. The maximum absolute atomic E-state index is 12.7. The smallest absolute Gasteiger partial charge is 0.254 e. The minimum atomic E-state index is -0.0184. The Bertz CT molecular complexity index is 839. The molecule has 0 bridgehead atoms. The first-order chi connectivity index (χ1) is 13.0. The van der Waals surface area contributed by atoms with Crippen molar-refractivity contribution in [3.63, 3.8) is 0 Å². The van der Waals surface area contributed by atoms with Crippen molar-refractivity contribution in [2.75, 3.05) is 33.3 Å². The average molecular weight is 366 g/mol. The quantitative estimate of drug-likeness (QED) is 0.836. The van der Waals surface area contributed by atoms with Crippen molar-refractivity contribution in [1.82, 2.24) is 9.80 Å². The summed E-state index contributed by atoms with van der Waals surface area (Å²) in [6.45, 7) is 6.37. The van der Waals surface area contributed by atoms with Crippen molar-refractivity contribution in [2.24, 2.45) is 0 Å². The Morgan fingerprint density at radius 1 is 0.926 bits per heavy atom. The molecule has 5 nitrogen and oxygen atoms in total. The van der Waals surface area contributed by atoms with Gasteiger partial charge in [-0.1, -0.05) is 24.3 Å². The van der Waals surface area contributed by atoms with E-state index in [9.17, 15) is 9.59 Å². The third-order valence-corrected chi connectivity index (χ3v) is 5.16. The third kappa shape index (κ3) is 4.48. The number of rotatable bonds is 4. The van der Waals surface area contributed by atoms with Gasteiger partial charge in [-0.3, -0.25) is 9.59 Å². The number of hydrogen-bond donors (Lipinski definition) is 0. The molecule has 0 aromatic heterocycles. The van der Waals surface area contributed by atoms with E-state index in [1.807, 2.05) is 23.1 Å². The largest absolute Gasteiger partial charge is 0.497 e. The van der Waals surface area contributed by atoms with Gasteiger partial charge in [0.1, 0.15) is 5.75 Å². The molecule has 1 heterocycles. The molecule has 0 aliphatic carbocycles. The lowest BCUT2D eigenvalue weighted by atomic mass is 10.0. The lowest BCUT2D eigenvalue weighted by Gasteiger charge is -2.35. The summed E-state index contributed by atoms with van der Waals surface area (Å²) in [4.78, 5) is 28.9. The van der Waals surface area contributed by atoms with E-state index in [0.717, 1.165) is 5.56 Å². The number of carbonyl (C=O) groups excluding carboxylic acids is 2. The minimum absolute atomic E-state index is 0.0184. The molecule has 5 heteroatoms. The van der Waals surface area contributed by atoms with E-state index in [2.05, 4.69) is 26.0 Å². The summed E-state index contributed by atoms with van der Waals surface area (Å²) in [7, 11) is 1.59. The molecule has 0 N–H and O–H groups in total. The zero-order chi connectivity index (χ0) is 19.4. The monoisotopic (exact) mass is 366 g/mol. The number of ether oxygens (including phenoxy) is 1. The molecule has 3 rings (SSSR count). The SMILES string of the molecule is COc1cccc(C(=O)N2CCN(C(=O)Cc3ccc(C)c(C)c3)CC2)c1. The van der Waals surface area contributed by atoms with Gasteiger partial charge in [0.05, 0.1) is 13.5 Å². The number of methoxy groups -OCH3 is 1. The van der Waals surface area contributed by atoms with E-state index < -0.39 is 0 Å². The number of carbonyl (C=O) groups is 2. The number of aryl methyl sites for hydroxylation is 2. The Morgan fingerprint density at radius 2 is 1.63 bits per heavy atom. The summed E-state index contributed by atoms with van der Waals surface area (Å²) in [5, 5.41) is 0. The fourth-order valence-electron chi connectivity index (χ4n) is 3.30. The number of amides is 2. The van der Waals surface area contributed by atoms with Gasteiger partial charge < -0.3 is 14.5 Å². The molecule has 0 spiro atoms. The molecule has 1 aliphatic heterocycles. The van der Waals surface area contributed by atoms with Gasteiger partial charge in [0.2, 0.25) is 5.91 Å². The maximum Gasteiger partial charge on any atom is 0.254 e. The van der Waals surface area contributed by atoms with E-state index in [-0.39, 0.29) is 11.8 Å². The van der Waals surface area contributed by atoms with Crippen LogP contribution in [0.15, 0.2) is 42.5 Å². The van der Waals surface area contributed by atoms with E-state index in [0.29, 0.717) is 43.9 Å². The van der Waals surface area contributed by atoms with Crippen molar-refractivity contribution < 1.29 is 14.3 Å². The molecule has 2 amide bonds. The Labute approximate surface area is 160 Å². The number of piperazine rings is 1. The van der Waals surface area contributed by atoms with Crippen molar-refractivity contribution >= 4 is 11.8 Å². The highest BCUT2D eigenvalue weighted by atomic mass is 16.5. The van der Waals surface area contributed by atoms with Gasteiger partial charge >= 0.3 is 0 Å². The zero-order valence-electron chi connectivity index (χ0n) is 16.2. The highest BCUT2D eigenvalue weighted by molar-refractivity contribution is 5.94. The Morgan fingerprint density at radius 3 is 2.30 bits per heavy atom. The van der Waals surface area contributed by atoms with Crippen LogP contribution in [-0.4, -0.2) is 54.9 Å². The van der Waals surface area contributed by atoms with Crippen LogP contribution in [0.1, 0.15) is 27.0 Å². The number of nitrogens with zero attached hydrogens (tertiary/aromatic N) is 2. The van der Waals surface area contributed by atoms with Crippen LogP contribution in [0.5, 0.6) is 5.75 Å². The Balaban J connectivity index is 1.56. The van der Waals surface area contributed by atoms with Gasteiger partial charge in [0, 0.05) is 31.7 Å². The zero-order valence-corrected chi connectivity index (χ0v) is 16.2. The van der Waals surface area contributed by atoms with Crippen LogP contribution in [0.25, 0.3) is 0 Å². The summed E-state index contributed by atoms with van der Waals surface area (Å²) in [6.07, 6.45) is 0.408. The standard InChI is InChI=1S/C22H26N2O3/c1-16-7-8-18(13-17(16)2)14-21(25)23-9-11-24(12-10-23)22(26)19-5-4-6-20(15-19)27-3/h4-8,13,15H,9-12,14H2,1-3H3. The van der Waals surface area contributed by atoms with E-state index in [1.54, 1.807) is 24.1 Å². The second-order valence-corrected chi connectivity index (χ2v) is 7.00. The van der Waals surface area contributed by atoms with Crippen LogP contribution < -0.4 is 4.74 Å². The molecule has 142 valence electrons. The molecule has 0 radical (unpaired) electrons. The normalized spacial score (nSPS) is 14.2. The van der Waals surface area contributed by atoms with E-state index >= 15 is 0 Å². The molecule has 0 atom stereocenters. The van der Waals surface area contributed by atoms with Crippen molar-refractivity contribution in [1.29, 1.82) is 0 Å². The minimum Gasteiger partial charge on any atom is -0.497 e. The second kappa shape index (κ2) is 8.25. The van der Waals surface area contributed by atoms with Gasteiger partial charge in [-0.2, -0.15) is 0 Å². The first-order valence-corrected chi connectivity index (χ1v) is 9.25. The van der Waals surface area contributed by atoms with Crippen LogP contribution in [0.3, 0.4) is 0 Å². The molecule has 0 saturated carbocycles. The van der Waals surface area contributed by atoms with Crippen molar-refractivity contribution in [3.05, 3.63) is 64.7 Å². The Kier molecular flexibility index (Phi) is 5.79. The molecule has 2 aromatic rings.